The molecule has 0 spiro atoms. The summed E-state index contributed by atoms with van der Waals surface area (Å²) >= 11 is 47.6. The summed E-state index contributed by atoms with van der Waals surface area (Å²) in [5.41, 5.74) is 10.3. The molecule has 0 bridgehead atoms. The molecule has 0 fully saturated rings. The van der Waals surface area contributed by atoms with Crippen molar-refractivity contribution in [2.45, 2.75) is 0 Å². The van der Waals surface area contributed by atoms with Crippen LogP contribution in [0.4, 0.5) is 5.69 Å². The number of nitrogens with one attached hydrogen (secondary N) is 5. The van der Waals surface area contributed by atoms with E-state index in [1.165, 1.54) is 51.7 Å². The molecule has 10 aromatic rings. The van der Waals surface area contributed by atoms with Gasteiger partial charge in [0.05, 0.1) is 33.4 Å². The molecule has 5 aromatic heterocycles. The summed E-state index contributed by atoms with van der Waals surface area (Å²) in [6.07, 6.45) is 0. The van der Waals surface area contributed by atoms with Crippen molar-refractivity contribution in [1.29, 1.82) is 0 Å². The van der Waals surface area contributed by atoms with Gasteiger partial charge in [-0.2, -0.15) is 0 Å². The maximum atomic E-state index is 10.6. The zero-order chi connectivity index (χ0) is 47.0. The topological polar surface area (TPSA) is 122 Å². The largest absolute Gasteiger partial charge is 0.337 e. The highest BCUT2D eigenvalue weighted by Gasteiger charge is 2.08. The van der Waals surface area contributed by atoms with E-state index in [-0.39, 0.29) is 5.69 Å². The number of aromatic nitrogens is 5. The highest BCUT2D eigenvalue weighted by molar-refractivity contribution is 9.10. The van der Waals surface area contributed by atoms with Crippen molar-refractivity contribution in [3.8, 4) is 56.3 Å². The Labute approximate surface area is 442 Å². The Morgan fingerprint density at radius 3 is 1.29 bits per heavy atom. The number of benzene rings is 5. The van der Waals surface area contributed by atoms with E-state index >= 15 is 0 Å². The first-order chi connectivity index (χ1) is 31.8. The van der Waals surface area contributed by atoms with Crippen LogP contribution in [0.5, 0.6) is 0 Å². The number of nitrogens with zero attached hydrogens (tertiary/aromatic N) is 1. The number of halogens is 3. The Morgan fingerprint density at radius 1 is 0.470 bits per heavy atom. The van der Waals surface area contributed by atoms with Crippen molar-refractivity contribution in [3.05, 3.63) is 199 Å². The van der Waals surface area contributed by atoms with Crippen LogP contribution < -0.4 is 0 Å². The minimum atomic E-state index is -0.412. The van der Waals surface area contributed by atoms with Gasteiger partial charge in [-0.25, -0.2) is 0 Å². The van der Waals surface area contributed by atoms with E-state index in [9.17, 15) is 10.1 Å². The van der Waals surface area contributed by atoms with Gasteiger partial charge in [0.2, 0.25) is 0 Å². The second kappa shape index (κ2) is 25.8. The van der Waals surface area contributed by atoms with Crippen LogP contribution in [0, 0.1) is 29.9 Å². The molecule has 5 heterocycles. The summed E-state index contributed by atoms with van der Waals surface area (Å²) in [5.74, 6) is 0. The van der Waals surface area contributed by atoms with E-state index in [4.69, 9.17) is 84.3 Å². The minimum absolute atomic E-state index is 0.0815. The number of non-ortho nitro benzene ring substituents is 1. The van der Waals surface area contributed by atoms with Crippen molar-refractivity contribution in [1.82, 2.24) is 24.9 Å². The first kappa shape index (κ1) is 51.2. The number of aromatic amines is 5. The van der Waals surface area contributed by atoms with E-state index < -0.39 is 4.92 Å². The standard InChI is InChI=1S/C9H6BrNS2.2C9H6ClNS2.C9H6N2O2S2.C9H7NS2/c10-7-3-1-6(2-4-7)8-5-13-9(12)11-8;10-7-3-1-2-6(4-7)8-5-13-9(12)11-8;10-8-7(11-9(12)13-8)6-4-2-1-3-5-6;12-11(13)7-3-1-2-6(4-7)8-5-15-9(14)10-8;11-9-10-8(6-12-9)7-4-2-1-3-5-7/h3*1-5H,(H,11,12);1-5H,(H,10,14);1-6H,(H,10,11). The van der Waals surface area contributed by atoms with Gasteiger partial charge in [0, 0.05) is 59.8 Å². The Morgan fingerprint density at radius 2 is 0.879 bits per heavy atom. The van der Waals surface area contributed by atoms with Crippen LogP contribution in [0.15, 0.2) is 159 Å². The van der Waals surface area contributed by atoms with Crippen LogP contribution in [-0.2, 0) is 0 Å². The molecular weight excluding hydrogens is 1130 g/mol. The smallest absolute Gasteiger partial charge is 0.270 e. The summed E-state index contributed by atoms with van der Waals surface area (Å²) in [7, 11) is 0. The van der Waals surface area contributed by atoms with Gasteiger partial charge in [0.25, 0.3) is 5.69 Å². The number of nitro groups is 1. The molecule has 0 aliphatic rings. The van der Waals surface area contributed by atoms with Gasteiger partial charge < -0.3 is 24.9 Å². The Kier molecular flexibility index (Phi) is 20.0. The monoisotopic (exact) mass is 1160 g/mol. The van der Waals surface area contributed by atoms with E-state index in [2.05, 4.69) is 65.1 Å². The minimum Gasteiger partial charge on any atom is -0.337 e. The number of H-pyrrole nitrogens is 5. The number of rotatable bonds is 6. The number of thiazole rings is 5. The molecule has 0 unspecified atom stereocenters. The van der Waals surface area contributed by atoms with Crippen molar-refractivity contribution >= 4 is 163 Å². The Balaban J connectivity index is 0.000000137. The van der Waals surface area contributed by atoms with Crippen molar-refractivity contribution < 1.29 is 4.92 Å². The predicted octanol–water partition coefficient (Wildman–Crippen LogP) is 19.3. The molecule has 21 heteroatoms. The molecule has 66 heavy (non-hydrogen) atoms. The first-order valence-corrected chi connectivity index (χ1v) is 26.7. The lowest BCUT2D eigenvalue weighted by atomic mass is 10.1. The van der Waals surface area contributed by atoms with Crippen molar-refractivity contribution in [2.75, 3.05) is 0 Å². The summed E-state index contributed by atoms with van der Waals surface area (Å²) in [5, 5.41) is 19.2. The third-order valence-electron chi connectivity index (χ3n) is 8.49. The maximum absolute atomic E-state index is 10.6. The van der Waals surface area contributed by atoms with Gasteiger partial charge in [-0.15, -0.1) is 45.3 Å². The molecule has 334 valence electrons. The van der Waals surface area contributed by atoms with Crippen LogP contribution in [0.2, 0.25) is 9.36 Å². The molecule has 5 N–H and O–H groups in total. The highest BCUT2D eigenvalue weighted by Crippen LogP contribution is 2.31. The fourth-order valence-electron chi connectivity index (χ4n) is 5.48. The number of hydrogen-bond acceptors (Lipinski definition) is 12. The molecule has 0 saturated heterocycles. The molecule has 0 saturated carbocycles. The van der Waals surface area contributed by atoms with Gasteiger partial charge in [-0.1, -0.05) is 148 Å². The van der Waals surface area contributed by atoms with Crippen molar-refractivity contribution in [2.24, 2.45) is 0 Å². The van der Waals surface area contributed by atoms with Crippen molar-refractivity contribution in [3.63, 3.8) is 0 Å². The molecule has 0 radical (unpaired) electrons. The highest BCUT2D eigenvalue weighted by atomic mass is 79.9. The fourth-order valence-corrected chi connectivity index (χ4v) is 10.8. The normalized spacial score (nSPS) is 10.2. The molecule has 8 nitrogen and oxygen atoms in total. The van der Waals surface area contributed by atoms with Crippen LogP contribution in [-0.4, -0.2) is 29.8 Å². The Hall–Kier alpha value is -4.19. The zero-order valence-corrected chi connectivity index (χ0v) is 44.8. The van der Waals surface area contributed by atoms with E-state index in [0.717, 1.165) is 76.4 Å². The van der Waals surface area contributed by atoms with Crippen LogP contribution in [0.25, 0.3) is 56.3 Å². The second-order valence-corrected chi connectivity index (χ2v) is 22.8. The fraction of sp³-hybridized carbons (Fsp3) is 0. The average Bonchev–Trinajstić information content (AvgIpc) is 4.19. The second-order valence-electron chi connectivity index (χ2n) is 13.0. The molecule has 0 aliphatic heterocycles. The van der Waals surface area contributed by atoms with E-state index in [1.54, 1.807) is 34.8 Å². The number of nitro benzene ring substituents is 1. The lowest BCUT2D eigenvalue weighted by Gasteiger charge is -1.96. The average molecular weight is 1160 g/mol. The lowest BCUT2D eigenvalue weighted by Crippen LogP contribution is -1.87. The quantitative estimate of drug-likeness (QED) is 0.0639. The molecule has 0 aliphatic carbocycles. The molecule has 5 aromatic carbocycles. The number of hydrogen-bond donors (Lipinski definition) is 5. The van der Waals surface area contributed by atoms with E-state index in [0.29, 0.717) is 7.91 Å². The van der Waals surface area contributed by atoms with Gasteiger partial charge in [-0.05, 0) is 96.5 Å². The van der Waals surface area contributed by atoms with Gasteiger partial charge in [-0.3, -0.25) is 10.1 Å². The summed E-state index contributed by atoms with van der Waals surface area (Å²) in [6.45, 7) is 0. The van der Waals surface area contributed by atoms with Gasteiger partial charge in [0.1, 0.15) is 4.34 Å². The molecule has 0 amide bonds. The predicted molar refractivity (Wildman–Crippen MR) is 299 cm³/mol. The molecule has 10 rings (SSSR count). The van der Waals surface area contributed by atoms with Gasteiger partial charge in [0.15, 0.2) is 19.8 Å². The maximum Gasteiger partial charge on any atom is 0.270 e. The molecule has 0 atom stereocenters. The SMILES string of the molecule is O=[N+]([O-])c1cccc(-c2csc(=S)[nH]2)c1.S=c1[nH]c(-c2ccc(Br)cc2)cs1.S=c1[nH]c(-c2cccc(Cl)c2)cs1.S=c1[nH]c(-c2ccccc2)c(Cl)s1.S=c1[nH]c(-c2ccccc2)cs1. The van der Waals surface area contributed by atoms with Crippen LogP contribution in [0.1, 0.15) is 0 Å². The van der Waals surface area contributed by atoms with Crippen LogP contribution in [0.3, 0.4) is 0 Å². The third-order valence-corrected chi connectivity index (χ3v) is 14.9. The Bertz CT molecular complexity index is 3420. The third kappa shape index (κ3) is 16.0. The molecular formula is C45H31BrCl2N6O2S10. The van der Waals surface area contributed by atoms with Crippen LogP contribution >= 0.6 is 157 Å². The summed E-state index contributed by atoms with van der Waals surface area (Å²) in [6, 6.07) is 42.4. The summed E-state index contributed by atoms with van der Waals surface area (Å²) < 4.78 is 5.61. The zero-order valence-electron chi connectivity index (χ0n) is 33.5. The first-order valence-electron chi connectivity index (χ1n) is 18.8. The summed E-state index contributed by atoms with van der Waals surface area (Å²) in [4.78, 5) is 25.5. The van der Waals surface area contributed by atoms with Gasteiger partial charge >= 0.3 is 0 Å². The van der Waals surface area contributed by atoms with E-state index in [1.807, 2.05) is 106 Å². The lowest BCUT2D eigenvalue weighted by molar-refractivity contribution is -0.384.